The number of fused-ring (bicyclic) bond motifs is 1. The van der Waals surface area contributed by atoms with Gasteiger partial charge in [-0.15, -0.1) is 0 Å². The highest BCUT2D eigenvalue weighted by Crippen LogP contribution is 2.21. The number of carbonyl (C=O) groups is 4. The Bertz CT molecular complexity index is 1520. The lowest BCUT2D eigenvalue weighted by Gasteiger charge is -2.32. The van der Waals surface area contributed by atoms with E-state index >= 15 is 0 Å². The third kappa shape index (κ3) is 8.76. The first-order valence-corrected chi connectivity index (χ1v) is 14.6. The Morgan fingerprint density at radius 1 is 0.886 bits per heavy atom. The van der Waals surface area contributed by atoms with Crippen LogP contribution in [0.2, 0.25) is 0 Å². The molecule has 4 amide bonds. The third-order valence-electron chi connectivity index (χ3n) is 7.74. The highest BCUT2D eigenvalue weighted by molar-refractivity contribution is 5.95. The lowest BCUT2D eigenvalue weighted by atomic mass is 9.94. The number of nitrogens with zero attached hydrogens (tertiary/aromatic N) is 2. The molecule has 1 aliphatic heterocycles. The molecule has 0 saturated carbocycles. The van der Waals surface area contributed by atoms with Gasteiger partial charge in [0.15, 0.2) is 5.96 Å². The van der Waals surface area contributed by atoms with Gasteiger partial charge >= 0.3 is 0 Å². The van der Waals surface area contributed by atoms with Crippen molar-refractivity contribution < 1.29 is 23.6 Å². The molecule has 3 aromatic rings. The molecule has 1 heterocycles. The summed E-state index contributed by atoms with van der Waals surface area (Å²) in [7, 11) is 0. The minimum absolute atomic E-state index is 0.0823. The number of likely N-dealkylation sites (tertiary alicyclic amines) is 1. The maximum absolute atomic E-state index is 13.4. The maximum atomic E-state index is 13.4. The average Bonchev–Trinajstić information content (AvgIpc) is 3.02. The first kappa shape index (κ1) is 31.9. The van der Waals surface area contributed by atoms with E-state index in [1.165, 1.54) is 24.3 Å². The summed E-state index contributed by atoms with van der Waals surface area (Å²) in [6, 6.07) is 16.9. The van der Waals surface area contributed by atoms with E-state index < -0.39 is 35.6 Å². The lowest BCUT2D eigenvalue weighted by Crippen LogP contribution is -2.55. The van der Waals surface area contributed by atoms with E-state index in [0.717, 1.165) is 16.3 Å². The van der Waals surface area contributed by atoms with Crippen molar-refractivity contribution in [1.82, 2.24) is 15.5 Å². The van der Waals surface area contributed by atoms with E-state index in [1.54, 1.807) is 4.90 Å². The van der Waals surface area contributed by atoms with Crippen LogP contribution in [0.1, 0.15) is 41.6 Å². The van der Waals surface area contributed by atoms with Crippen molar-refractivity contribution in [2.24, 2.45) is 28.1 Å². The number of halogens is 1. The second kappa shape index (κ2) is 14.9. The van der Waals surface area contributed by atoms with Crippen LogP contribution in [0.5, 0.6) is 0 Å². The van der Waals surface area contributed by atoms with Crippen LogP contribution in [-0.2, 0) is 20.8 Å². The minimum atomic E-state index is -0.999. The van der Waals surface area contributed by atoms with Gasteiger partial charge in [0.05, 0.1) is 0 Å². The highest BCUT2D eigenvalue weighted by atomic mass is 19.1. The van der Waals surface area contributed by atoms with E-state index in [4.69, 9.17) is 17.2 Å². The monoisotopic (exact) mass is 603 g/mol. The van der Waals surface area contributed by atoms with E-state index in [2.05, 4.69) is 15.6 Å². The molecule has 44 heavy (non-hydrogen) atoms. The Morgan fingerprint density at radius 3 is 2.23 bits per heavy atom. The van der Waals surface area contributed by atoms with E-state index in [9.17, 15) is 23.6 Å². The van der Waals surface area contributed by atoms with Crippen molar-refractivity contribution in [1.29, 1.82) is 0 Å². The Kier molecular flexibility index (Phi) is 10.8. The molecular formula is C32H38FN7O4. The zero-order valence-electron chi connectivity index (χ0n) is 24.4. The summed E-state index contributed by atoms with van der Waals surface area (Å²) < 4.78 is 13.2. The summed E-state index contributed by atoms with van der Waals surface area (Å²) in [6.07, 6.45) is 1.59. The average molecular weight is 604 g/mol. The van der Waals surface area contributed by atoms with Crippen molar-refractivity contribution >= 4 is 40.4 Å². The van der Waals surface area contributed by atoms with Crippen LogP contribution < -0.4 is 27.8 Å². The number of guanidine groups is 1. The second-order valence-corrected chi connectivity index (χ2v) is 10.9. The number of benzene rings is 3. The van der Waals surface area contributed by atoms with Gasteiger partial charge in [0.25, 0.3) is 5.91 Å². The molecule has 0 spiro atoms. The fourth-order valence-corrected chi connectivity index (χ4v) is 5.28. The fourth-order valence-electron chi connectivity index (χ4n) is 5.28. The highest BCUT2D eigenvalue weighted by Gasteiger charge is 2.31. The van der Waals surface area contributed by atoms with E-state index in [0.29, 0.717) is 37.9 Å². The molecule has 0 unspecified atom stereocenters. The van der Waals surface area contributed by atoms with Gasteiger partial charge in [-0.2, -0.15) is 0 Å². The number of hydrogen-bond acceptors (Lipinski definition) is 5. The molecule has 1 aliphatic rings. The summed E-state index contributed by atoms with van der Waals surface area (Å²) in [5.74, 6) is -2.74. The summed E-state index contributed by atoms with van der Waals surface area (Å²) in [4.78, 5) is 57.4. The molecule has 1 fully saturated rings. The van der Waals surface area contributed by atoms with Gasteiger partial charge in [0, 0.05) is 37.5 Å². The Morgan fingerprint density at radius 2 is 1.57 bits per heavy atom. The number of aliphatic imine (C=N–C) groups is 1. The van der Waals surface area contributed by atoms with E-state index in [1.807, 2.05) is 42.5 Å². The van der Waals surface area contributed by atoms with Gasteiger partial charge in [-0.1, -0.05) is 42.5 Å². The molecule has 3 aromatic carbocycles. The molecule has 0 aromatic heterocycles. The van der Waals surface area contributed by atoms with Crippen LogP contribution in [0.4, 0.5) is 4.39 Å². The van der Waals surface area contributed by atoms with Crippen LogP contribution in [0.25, 0.3) is 10.8 Å². The van der Waals surface area contributed by atoms with Gasteiger partial charge in [-0.3, -0.25) is 24.2 Å². The predicted molar refractivity (Wildman–Crippen MR) is 166 cm³/mol. The van der Waals surface area contributed by atoms with Crippen LogP contribution in [0.15, 0.2) is 71.7 Å². The van der Waals surface area contributed by atoms with Gasteiger partial charge < -0.3 is 32.7 Å². The SMILES string of the molecule is NC(=O)[C@H](Cc1ccc2ccccc2c1)NC(=O)[C@H](CCCN=C(N)N)NC(=O)C1CCN(C(=O)c2ccc(F)cc2)CC1. The molecule has 0 radical (unpaired) electrons. The lowest BCUT2D eigenvalue weighted by molar-refractivity contribution is -0.133. The first-order valence-electron chi connectivity index (χ1n) is 14.6. The van der Waals surface area contributed by atoms with Gasteiger partial charge in [0.1, 0.15) is 17.9 Å². The van der Waals surface area contributed by atoms with Gasteiger partial charge in [-0.25, -0.2) is 4.39 Å². The quantitative estimate of drug-likeness (QED) is 0.119. The molecular weight excluding hydrogens is 565 g/mol. The zero-order valence-corrected chi connectivity index (χ0v) is 24.4. The smallest absolute Gasteiger partial charge is 0.253 e. The first-order chi connectivity index (χ1) is 21.1. The molecule has 0 aliphatic carbocycles. The summed E-state index contributed by atoms with van der Waals surface area (Å²) >= 11 is 0. The molecule has 1 saturated heterocycles. The van der Waals surface area contributed by atoms with Crippen molar-refractivity contribution in [2.45, 2.75) is 44.2 Å². The predicted octanol–water partition coefficient (Wildman–Crippen LogP) is 1.58. The Balaban J connectivity index is 1.39. The largest absolute Gasteiger partial charge is 0.370 e. The molecule has 0 bridgehead atoms. The number of nitrogens with two attached hydrogens (primary N) is 3. The molecule has 11 nitrogen and oxygen atoms in total. The standard InChI is InChI=1S/C32H38FN7O4/c33-25-11-9-23(10-12-25)31(44)40-16-13-22(14-17-40)29(42)38-26(6-3-15-37-32(35)36)30(43)39-27(28(34)41)19-20-7-8-21-4-1-2-5-24(21)18-20/h1-2,4-5,7-12,18,22,26-27H,3,6,13-17,19H2,(H2,34,41)(H,38,42)(H,39,43)(H4,35,36,37)/t26-,27-/m0/s1. The summed E-state index contributed by atoms with van der Waals surface area (Å²) in [5.41, 5.74) is 17.7. The van der Waals surface area contributed by atoms with Crippen molar-refractivity contribution in [3.8, 4) is 0 Å². The number of primary amides is 1. The number of amides is 4. The maximum Gasteiger partial charge on any atom is 0.253 e. The molecule has 2 atom stereocenters. The number of hydrogen-bond donors (Lipinski definition) is 5. The molecule has 12 heteroatoms. The zero-order chi connectivity index (χ0) is 31.6. The number of nitrogens with one attached hydrogen (secondary N) is 2. The number of carbonyl (C=O) groups excluding carboxylic acids is 4. The van der Waals surface area contributed by atoms with Gasteiger partial charge in [0.2, 0.25) is 17.7 Å². The minimum Gasteiger partial charge on any atom is -0.370 e. The van der Waals surface area contributed by atoms with E-state index in [-0.39, 0.29) is 37.2 Å². The van der Waals surface area contributed by atoms with Crippen LogP contribution in [-0.4, -0.2) is 66.2 Å². The van der Waals surface area contributed by atoms with Crippen molar-refractivity contribution in [3.63, 3.8) is 0 Å². The fraction of sp³-hybridized carbons (Fsp3) is 0.344. The summed E-state index contributed by atoms with van der Waals surface area (Å²) in [6.45, 7) is 0.929. The Hall–Kier alpha value is -5.00. The summed E-state index contributed by atoms with van der Waals surface area (Å²) in [5, 5.41) is 7.59. The molecule has 8 N–H and O–H groups in total. The van der Waals surface area contributed by atoms with Crippen LogP contribution >= 0.6 is 0 Å². The number of rotatable bonds is 12. The van der Waals surface area contributed by atoms with Crippen LogP contribution in [0.3, 0.4) is 0 Å². The van der Waals surface area contributed by atoms with Gasteiger partial charge in [-0.05, 0) is 66.3 Å². The van der Waals surface area contributed by atoms with Crippen LogP contribution in [0, 0.1) is 11.7 Å². The third-order valence-corrected chi connectivity index (χ3v) is 7.74. The molecule has 4 rings (SSSR count). The normalized spacial score (nSPS) is 14.8. The molecule has 232 valence electrons. The van der Waals surface area contributed by atoms with Crippen molar-refractivity contribution in [2.75, 3.05) is 19.6 Å². The Labute approximate surface area is 255 Å². The van der Waals surface area contributed by atoms with Crippen molar-refractivity contribution in [3.05, 3.63) is 83.7 Å². The number of piperidine rings is 1. The topological polar surface area (TPSA) is 186 Å². The second-order valence-electron chi connectivity index (χ2n) is 10.9.